The van der Waals surface area contributed by atoms with E-state index in [-0.39, 0.29) is 0 Å². The number of hydrogen-bond acceptors (Lipinski definition) is 1. The van der Waals surface area contributed by atoms with E-state index in [1.54, 1.807) is 7.11 Å². The Morgan fingerprint density at radius 2 is 1.65 bits per heavy atom. The van der Waals surface area contributed by atoms with Crippen LogP contribution in [-0.4, -0.2) is 7.11 Å². The number of benzene rings is 2. The van der Waals surface area contributed by atoms with Gasteiger partial charge in [-0.15, -0.1) is 0 Å². The van der Waals surface area contributed by atoms with Crippen LogP contribution in [-0.2, 0) is 0 Å². The van der Waals surface area contributed by atoms with Crippen LogP contribution >= 0.6 is 0 Å². The lowest BCUT2D eigenvalue weighted by atomic mass is 10.1. The molecule has 0 aromatic heterocycles. The molecule has 2 aromatic carbocycles. The second-order valence-corrected chi connectivity index (χ2v) is 3.77. The van der Waals surface area contributed by atoms with Crippen molar-refractivity contribution in [2.75, 3.05) is 7.11 Å². The fourth-order valence-electron chi connectivity index (χ4n) is 1.63. The third kappa shape index (κ3) is 2.68. The Kier molecular flexibility index (Phi) is 3.47. The average molecular weight is 222 g/mol. The van der Waals surface area contributed by atoms with Gasteiger partial charge in [-0.25, -0.2) is 0 Å². The molecule has 0 bridgehead atoms. The number of methoxy groups -OCH3 is 1. The Hall–Kier alpha value is -2.20. The molecular formula is C16H14O. The average Bonchev–Trinajstić information content (AvgIpc) is 2.38. The molecule has 0 atom stereocenters. The summed E-state index contributed by atoms with van der Waals surface area (Å²) in [4.78, 5) is 0. The van der Waals surface area contributed by atoms with E-state index in [1.807, 2.05) is 55.5 Å². The third-order valence-electron chi connectivity index (χ3n) is 2.56. The Balaban J connectivity index is 2.40. The van der Waals surface area contributed by atoms with Crippen molar-refractivity contribution in [1.82, 2.24) is 0 Å². The fraction of sp³-hybridized carbons (Fsp3) is 0.125. The zero-order valence-corrected chi connectivity index (χ0v) is 10.0. The molecule has 0 radical (unpaired) electrons. The van der Waals surface area contributed by atoms with E-state index in [1.165, 1.54) is 0 Å². The molecule has 0 aliphatic heterocycles. The summed E-state index contributed by atoms with van der Waals surface area (Å²) >= 11 is 0. The largest absolute Gasteiger partial charge is 0.495 e. The molecule has 0 aliphatic carbocycles. The SMILES string of the molecule is COc1cccc(C)c1C#Cc1ccccc1. The summed E-state index contributed by atoms with van der Waals surface area (Å²) in [6, 6.07) is 15.9. The molecule has 0 fully saturated rings. The number of rotatable bonds is 1. The molecule has 2 aromatic rings. The normalized spacial score (nSPS) is 9.29. The van der Waals surface area contributed by atoms with E-state index >= 15 is 0 Å². The molecule has 0 amide bonds. The van der Waals surface area contributed by atoms with Crippen LogP contribution in [0.15, 0.2) is 48.5 Å². The van der Waals surface area contributed by atoms with Crippen molar-refractivity contribution in [2.45, 2.75) is 6.92 Å². The minimum Gasteiger partial charge on any atom is -0.495 e. The second kappa shape index (κ2) is 5.23. The maximum atomic E-state index is 5.31. The van der Waals surface area contributed by atoms with Gasteiger partial charge in [0.15, 0.2) is 0 Å². The highest BCUT2D eigenvalue weighted by molar-refractivity contribution is 5.53. The highest BCUT2D eigenvalue weighted by Crippen LogP contribution is 2.20. The standard InChI is InChI=1S/C16H14O/c1-13-7-6-10-16(17-2)15(13)12-11-14-8-4-3-5-9-14/h3-10H,1-2H3. The lowest BCUT2D eigenvalue weighted by molar-refractivity contribution is 0.413. The zero-order chi connectivity index (χ0) is 12.1. The van der Waals surface area contributed by atoms with Crippen LogP contribution < -0.4 is 4.74 Å². The fourth-order valence-corrected chi connectivity index (χ4v) is 1.63. The van der Waals surface area contributed by atoms with E-state index in [4.69, 9.17) is 4.74 Å². The van der Waals surface area contributed by atoms with Gasteiger partial charge in [-0.1, -0.05) is 42.2 Å². The van der Waals surface area contributed by atoms with E-state index in [0.717, 1.165) is 22.4 Å². The van der Waals surface area contributed by atoms with Crippen LogP contribution in [0.3, 0.4) is 0 Å². The maximum Gasteiger partial charge on any atom is 0.134 e. The van der Waals surface area contributed by atoms with E-state index < -0.39 is 0 Å². The van der Waals surface area contributed by atoms with Crippen LogP contribution in [0.1, 0.15) is 16.7 Å². The van der Waals surface area contributed by atoms with Crippen molar-refractivity contribution in [1.29, 1.82) is 0 Å². The first-order valence-corrected chi connectivity index (χ1v) is 5.52. The molecule has 0 N–H and O–H groups in total. The summed E-state index contributed by atoms with van der Waals surface area (Å²) in [6.07, 6.45) is 0. The Labute approximate surface area is 102 Å². The third-order valence-corrected chi connectivity index (χ3v) is 2.56. The summed E-state index contributed by atoms with van der Waals surface area (Å²) < 4.78 is 5.31. The van der Waals surface area contributed by atoms with Gasteiger partial charge in [0.2, 0.25) is 0 Å². The second-order valence-electron chi connectivity index (χ2n) is 3.77. The van der Waals surface area contributed by atoms with Gasteiger partial charge in [0.1, 0.15) is 5.75 Å². The highest BCUT2D eigenvalue weighted by atomic mass is 16.5. The minimum atomic E-state index is 0.827. The van der Waals surface area contributed by atoms with Gasteiger partial charge in [0.25, 0.3) is 0 Å². The van der Waals surface area contributed by atoms with Crippen molar-refractivity contribution < 1.29 is 4.74 Å². The van der Waals surface area contributed by atoms with Crippen molar-refractivity contribution in [3.05, 3.63) is 65.2 Å². The smallest absolute Gasteiger partial charge is 0.134 e. The molecule has 17 heavy (non-hydrogen) atoms. The predicted molar refractivity (Wildman–Crippen MR) is 70.2 cm³/mol. The predicted octanol–water partition coefficient (Wildman–Crippen LogP) is 3.40. The van der Waals surface area contributed by atoms with Gasteiger partial charge in [-0.05, 0) is 30.7 Å². The van der Waals surface area contributed by atoms with E-state index in [0.29, 0.717) is 0 Å². The number of ether oxygens (including phenoxy) is 1. The minimum absolute atomic E-state index is 0.827. The van der Waals surface area contributed by atoms with Gasteiger partial charge in [-0.3, -0.25) is 0 Å². The number of aryl methyl sites for hydroxylation is 1. The van der Waals surface area contributed by atoms with Crippen molar-refractivity contribution in [3.63, 3.8) is 0 Å². The summed E-state index contributed by atoms with van der Waals surface area (Å²) in [7, 11) is 1.67. The summed E-state index contributed by atoms with van der Waals surface area (Å²) in [5.41, 5.74) is 3.10. The van der Waals surface area contributed by atoms with Crippen LogP contribution in [0.4, 0.5) is 0 Å². The monoisotopic (exact) mass is 222 g/mol. The number of hydrogen-bond donors (Lipinski definition) is 0. The van der Waals surface area contributed by atoms with Crippen molar-refractivity contribution >= 4 is 0 Å². The Morgan fingerprint density at radius 3 is 2.35 bits per heavy atom. The first kappa shape index (κ1) is 11.3. The summed E-state index contributed by atoms with van der Waals surface area (Å²) in [5, 5.41) is 0. The Bertz CT molecular complexity index is 559. The summed E-state index contributed by atoms with van der Waals surface area (Å²) in [6.45, 7) is 2.04. The Morgan fingerprint density at radius 1 is 0.882 bits per heavy atom. The molecule has 0 heterocycles. The quantitative estimate of drug-likeness (QED) is 0.672. The van der Waals surface area contributed by atoms with E-state index in [9.17, 15) is 0 Å². The first-order chi connectivity index (χ1) is 8.31. The molecular weight excluding hydrogens is 208 g/mol. The van der Waals surface area contributed by atoms with Gasteiger partial charge in [0, 0.05) is 5.56 Å². The van der Waals surface area contributed by atoms with Crippen LogP contribution in [0.5, 0.6) is 5.75 Å². The lowest BCUT2D eigenvalue weighted by Gasteiger charge is -2.05. The van der Waals surface area contributed by atoms with Crippen LogP contribution in [0, 0.1) is 18.8 Å². The zero-order valence-electron chi connectivity index (χ0n) is 10.0. The van der Waals surface area contributed by atoms with Crippen molar-refractivity contribution in [2.24, 2.45) is 0 Å². The molecule has 2 rings (SSSR count). The molecule has 0 aliphatic rings. The topological polar surface area (TPSA) is 9.23 Å². The van der Waals surface area contributed by atoms with Crippen molar-refractivity contribution in [3.8, 4) is 17.6 Å². The van der Waals surface area contributed by atoms with Gasteiger partial charge in [-0.2, -0.15) is 0 Å². The van der Waals surface area contributed by atoms with Gasteiger partial charge >= 0.3 is 0 Å². The van der Waals surface area contributed by atoms with Crippen LogP contribution in [0.25, 0.3) is 0 Å². The van der Waals surface area contributed by atoms with Gasteiger partial charge in [0.05, 0.1) is 12.7 Å². The van der Waals surface area contributed by atoms with Gasteiger partial charge < -0.3 is 4.74 Å². The molecule has 0 unspecified atom stereocenters. The first-order valence-electron chi connectivity index (χ1n) is 5.52. The molecule has 0 saturated carbocycles. The molecule has 0 spiro atoms. The molecule has 0 saturated heterocycles. The molecule has 1 nitrogen and oxygen atoms in total. The molecule has 1 heteroatoms. The van der Waals surface area contributed by atoms with E-state index in [2.05, 4.69) is 11.8 Å². The summed E-state index contributed by atoms with van der Waals surface area (Å²) in [5.74, 6) is 7.15. The highest BCUT2D eigenvalue weighted by Gasteiger charge is 2.01. The lowest BCUT2D eigenvalue weighted by Crippen LogP contribution is -1.90. The van der Waals surface area contributed by atoms with Crippen LogP contribution in [0.2, 0.25) is 0 Å². The molecule has 84 valence electrons. The maximum absolute atomic E-state index is 5.31.